The normalized spacial score (nSPS) is 14.8. The lowest BCUT2D eigenvalue weighted by molar-refractivity contribution is -0.445. The third-order valence-corrected chi connectivity index (χ3v) is 6.38. The second-order valence-corrected chi connectivity index (χ2v) is 9.39. The Hall–Kier alpha value is -2.51. The Morgan fingerprint density at radius 1 is 0.732 bits per heavy atom. The summed E-state index contributed by atoms with van der Waals surface area (Å²) in [6, 6.07) is 5.97. The smallest absolute Gasteiger partial charge is 0.296 e. The van der Waals surface area contributed by atoms with Crippen LogP contribution in [0.4, 0.5) is 75.4 Å². The van der Waals surface area contributed by atoms with Crippen LogP contribution in [0.25, 0.3) is 11.3 Å². The number of alkyl halides is 17. The number of hydrogen-bond acceptors (Lipinski definition) is 3. The van der Waals surface area contributed by atoms with E-state index in [1.165, 1.54) is 12.1 Å². The van der Waals surface area contributed by atoms with Crippen LogP contribution >= 0.6 is 22.9 Å². The van der Waals surface area contributed by atoms with E-state index in [9.17, 15) is 75.0 Å². The highest BCUT2D eigenvalue weighted by molar-refractivity contribution is 7.14. The number of carbonyl (C=O) groups excluding carboxylic acids is 1. The van der Waals surface area contributed by atoms with Crippen LogP contribution in [0.2, 0.25) is 0 Å². The first-order chi connectivity index (χ1) is 18.1. The van der Waals surface area contributed by atoms with E-state index in [1.807, 2.05) is 0 Å². The number of nitrogens with one attached hydrogen (secondary N) is 1. The maximum absolute atomic E-state index is 14.1. The predicted molar refractivity (Wildman–Crippen MR) is 111 cm³/mol. The minimum Gasteiger partial charge on any atom is -0.296 e. The SMILES string of the molecule is CCc1ccc(-c2csc(NC(=O)C(F)(F)C(F)(F)C(F)(F)C(F)(F)C(F)(F)C(F)(F)C(F)(F)C(F)(F)Cl)n2)cc1. The molecule has 1 N–H and O–H groups in total. The van der Waals surface area contributed by atoms with Crippen LogP contribution in [-0.4, -0.2) is 57.7 Å². The van der Waals surface area contributed by atoms with Crippen molar-refractivity contribution in [2.75, 3.05) is 5.32 Å². The maximum Gasteiger partial charge on any atom is 0.393 e. The van der Waals surface area contributed by atoms with Crippen LogP contribution in [0.1, 0.15) is 12.5 Å². The van der Waals surface area contributed by atoms with Gasteiger partial charge < -0.3 is 0 Å². The first kappa shape index (κ1) is 34.7. The monoisotopic (exact) mass is 666 g/mol. The molecule has 232 valence electrons. The van der Waals surface area contributed by atoms with E-state index in [-0.39, 0.29) is 22.6 Å². The largest absolute Gasteiger partial charge is 0.393 e. The molecular formula is C20H11ClF16N2OS. The molecule has 41 heavy (non-hydrogen) atoms. The Morgan fingerprint density at radius 2 is 1.15 bits per heavy atom. The second kappa shape index (κ2) is 10.3. The number of rotatable bonds is 11. The van der Waals surface area contributed by atoms with Crippen molar-refractivity contribution in [3.8, 4) is 11.3 Å². The van der Waals surface area contributed by atoms with Gasteiger partial charge in [-0.15, -0.1) is 11.3 Å². The molecule has 0 spiro atoms. The van der Waals surface area contributed by atoms with Gasteiger partial charge in [0.25, 0.3) is 0 Å². The maximum atomic E-state index is 14.1. The molecule has 0 bridgehead atoms. The molecule has 1 aromatic heterocycles. The minimum atomic E-state index is -8.65. The topological polar surface area (TPSA) is 42.0 Å². The summed E-state index contributed by atoms with van der Waals surface area (Å²) in [5.74, 6) is -60.8. The lowest BCUT2D eigenvalue weighted by Crippen LogP contribution is -2.75. The highest BCUT2D eigenvalue weighted by Gasteiger charge is 2.95. The number of halogens is 17. The summed E-state index contributed by atoms with van der Waals surface area (Å²) >= 11 is 3.65. The number of aryl methyl sites for hydroxylation is 1. The van der Waals surface area contributed by atoms with Gasteiger partial charge in [-0.3, -0.25) is 10.1 Å². The summed E-state index contributed by atoms with van der Waals surface area (Å²) in [7, 11) is 0. The van der Waals surface area contributed by atoms with Gasteiger partial charge in [-0.05, 0) is 23.6 Å². The van der Waals surface area contributed by atoms with Gasteiger partial charge in [0, 0.05) is 10.9 Å². The van der Waals surface area contributed by atoms with Crippen molar-refractivity contribution in [1.29, 1.82) is 0 Å². The molecule has 0 saturated carbocycles. The van der Waals surface area contributed by atoms with Crippen molar-refractivity contribution in [3.63, 3.8) is 0 Å². The van der Waals surface area contributed by atoms with Crippen molar-refractivity contribution >= 4 is 34.0 Å². The molecule has 0 aliphatic heterocycles. The minimum absolute atomic E-state index is 0.126. The van der Waals surface area contributed by atoms with Gasteiger partial charge in [-0.1, -0.05) is 31.2 Å². The van der Waals surface area contributed by atoms with E-state index in [0.717, 1.165) is 16.3 Å². The van der Waals surface area contributed by atoms with Gasteiger partial charge in [0.2, 0.25) is 0 Å². The molecule has 0 radical (unpaired) electrons. The summed E-state index contributed by atoms with van der Waals surface area (Å²) in [5, 5.41) is -6.10. The molecule has 0 atom stereocenters. The lowest BCUT2D eigenvalue weighted by Gasteiger charge is -2.42. The van der Waals surface area contributed by atoms with Crippen LogP contribution in [-0.2, 0) is 11.2 Å². The summed E-state index contributed by atoms with van der Waals surface area (Å²) in [5.41, 5.74) is 0.920. The number of benzene rings is 1. The number of amides is 1. The molecule has 0 aliphatic rings. The average molecular weight is 667 g/mol. The Kier molecular flexibility index (Phi) is 8.75. The Balaban J connectivity index is 2.44. The molecule has 21 heteroatoms. The zero-order valence-electron chi connectivity index (χ0n) is 19.3. The standard InChI is InChI=1S/C20H11ClF16N2OS/c1-2-8-3-5-9(6-4-8)10-7-41-12(38-10)39-11(40)13(22,23)14(24,25)15(26,27)16(28,29)17(30,31)18(32,33)19(34,35)20(21,36)37/h3-7H,2H2,1H3,(H,38,39,40). The van der Waals surface area contributed by atoms with Gasteiger partial charge in [0.05, 0.1) is 5.69 Å². The first-order valence-electron chi connectivity index (χ1n) is 10.2. The molecule has 3 nitrogen and oxygen atoms in total. The van der Waals surface area contributed by atoms with E-state index < -0.39 is 57.9 Å². The molecule has 1 aromatic carbocycles. The van der Waals surface area contributed by atoms with E-state index in [2.05, 4.69) is 16.6 Å². The van der Waals surface area contributed by atoms with Crippen molar-refractivity contribution in [3.05, 3.63) is 35.2 Å². The van der Waals surface area contributed by atoms with Crippen molar-refractivity contribution in [1.82, 2.24) is 4.98 Å². The van der Waals surface area contributed by atoms with Crippen LogP contribution in [0.15, 0.2) is 29.6 Å². The molecule has 0 unspecified atom stereocenters. The quantitative estimate of drug-likeness (QED) is 0.193. The average Bonchev–Trinajstić information content (AvgIpc) is 3.31. The van der Waals surface area contributed by atoms with E-state index in [0.29, 0.717) is 6.42 Å². The number of nitrogens with zero attached hydrogens (tertiary/aromatic N) is 1. The van der Waals surface area contributed by atoms with E-state index in [1.54, 1.807) is 19.1 Å². The number of anilines is 1. The van der Waals surface area contributed by atoms with Crippen LogP contribution in [0.5, 0.6) is 0 Å². The summed E-state index contributed by atoms with van der Waals surface area (Å²) in [6.07, 6.45) is 0.580. The Labute approximate surface area is 226 Å². The molecule has 0 saturated heterocycles. The number of thiazole rings is 1. The van der Waals surface area contributed by atoms with Crippen LogP contribution in [0, 0.1) is 0 Å². The molecule has 2 aromatic rings. The lowest BCUT2D eigenvalue weighted by atomic mass is 9.89. The second-order valence-electron chi connectivity index (χ2n) is 8.06. The molecule has 0 aliphatic carbocycles. The van der Waals surface area contributed by atoms with Crippen molar-refractivity contribution in [2.24, 2.45) is 0 Å². The number of hydrogen-bond donors (Lipinski definition) is 1. The third-order valence-electron chi connectivity index (χ3n) is 5.39. The predicted octanol–water partition coefficient (Wildman–Crippen LogP) is 8.59. The Bertz CT molecular complexity index is 1260. The zero-order chi connectivity index (χ0) is 32.3. The van der Waals surface area contributed by atoms with Gasteiger partial charge in [-0.2, -0.15) is 70.2 Å². The highest BCUT2D eigenvalue weighted by Crippen LogP contribution is 2.64. The molecule has 1 heterocycles. The summed E-state index contributed by atoms with van der Waals surface area (Å²) in [6.45, 7) is 1.78. The van der Waals surface area contributed by atoms with Gasteiger partial charge >= 0.3 is 52.7 Å². The van der Waals surface area contributed by atoms with Crippen LogP contribution in [0.3, 0.4) is 0 Å². The first-order valence-corrected chi connectivity index (χ1v) is 11.5. The summed E-state index contributed by atoms with van der Waals surface area (Å²) < 4.78 is 217. The highest BCUT2D eigenvalue weighted by atomic mass is 35.5. The number of aromatic nitrogens is 1. The molecule has 0 fully saturated rings. The fraction of sp³-hybridized carbons (Fsp3) is 0.500. The van der Waals surface area contributed by atoms with E-state index >= 15 is 0 Å². The third kappa shape index (κ3) is 5.18. The molecular weight excluding hydrogens is 656 g/mol. The fourth-order valence-corrected chi connectivity index (χ4v) is 3.69. The van der Waals surface area contributed by atoms with Gasteiger partial charge in [0.15, 0.2) is 5.13 Å². The fourth-order valence-electron chi connectivity index (χ4n) is 2.86. The van der Waals surface area contributed by atoms with Crippen LogP contribution < -0.4 is 5.32 Å². The summed E-state index contributed by atoms with van der Waals surface area (Å²) in [4.78, 5) is 15.2. The van der Waals surface area contributed by atoms with Crippen molar-refractivity contribution < 1.29 is 75.0 Å². The molecule has 1 amide bonds. The van der Waals surface area contributed by atoms with Gasteiger partial charge in [0.1, 0.15) is 0 Å². The Morgan fingerprint density at radius 3 is 1.56 bits per heavy atom. The van der Waals surface area contributed by atoms with Gasteiger partial charge in [-0.25, -0.2) is 4.98 Å². The van der Waals surface area contributed by atoms with Crippen molar-refractivity contribution in [2.45, 2.75) is 60.2 Å². The molecule has 2 rings (SSSR count). The van der Waals surface area contributed by atoms with E-state index in [4.69, 9.17) is 0 Å². The zero-order valence-corrected chi connectivity index (χ0v) is 20.9. The number of carbonyl (C=O) groups is 1.